The van der Waals surface area contributed by atoms with Crippen LogP contribution in [0.15, 0.2) is 42.5 Å². The highest BCUT2D eigenvalue weighted by Gasteiger charge is 2.59. The molecule has 7 nitrogen and oxygen atoms in total. The molecule has 2 aromatic rings. The number of aliphatic hydroxyl groups is 1. The van der Waals surface area contributed by atoms with Crippen LogP contribution in [0.3, 0.4) is 0 Å². The van der Waals surface area contributed by atoms with Crippen molar-refractivity contribution >= 4 is 11.8 Å². The maximum atomic E-state index is 13.5. The van der Waals surface area contributed by atoms with Gasteiger partial charge in [-0.2, -0.15) is 13.2 Å². The molecule has 0 unspecified atom stereocenters. The number of nitrogens with one attached hydrogen (secondary N) is 2. The van der Waals surface area contributed by atoms with Crippen molar-refractivity contribution < 1.29 is 37.7 Å². The maximum Gasteiger partial charge on any atom is 0.450 e. The van der Waals surface area contributed by atoms with Crippen molar-refractivity contribution in [3.63, 3.8) is 0 Å². The van der Waals surface area contributed by atoms with Gasteiger partial charge < -0.3 is 25.6 Å². The third-order valence-corrected chi connectivity index (χ3v) is 5.07. The van der Waals surface area contributed by atoms with Crippen molar-refractivity contribution in [1.29, 1.82) is 0 Å². The van der Waals surface area contributed by atoms with Gasteiger partial charge in [0.05, 0.1) is 12.6 Å². The molecular formula is C21H21F3N2O5. The summed E-state index contributed by atoms with van der Waals surface area (Å²) in [6.07, 6.45) is -5.29. The number of halogens is 3. The van der Waals surface area contributed by atoms with Gasteiger partial charge in [0.1, 0.15) is 5.92 Å². The molecule has 1 saturated heterocycles. The van der Waals surface area contributed by atoms with E-state index in [0.717, 1.165) is 5.56 Å². The van der Waals surface area contributed by atoms with Crippen LogP contribution in [0.25, 0.3) is 0 Å². The number of Topliss-reactive ketones (excluding diaryl/α,β-unsaturated/α-hetero) is 1. The number of phenolic OH excluding ortho intramolecular Hbond substituents is 1. The zero-order valence-corrected chi connectivity index (χ0v) is 16.7. The fourth-order valence-electron chi connectivity index (χ4n) is 3.60. The average Bonchev–Trinajstić information content (AvgIpc) is 2.68. The molecule has 10 heteroatoms. The molecule has 166 valence electrons. The first-order chi connectivity index (χ1) is 14.5. The zero-order valence-electron chi connectivity index (χ0n) is 16.7. The number of urea groups is 1. The molecule has 1 aliphatic heterocycles. The average molecular weight is 438 g/mol. The van der Waals surface area contributed by atoms with Crippen molar-refractivity contribution in [2.75, 3.05) is 6.61 Å². The van der Waals surface area contributed by atoms with Gasteiger partial charge >= 0.3 is 12.2 Å². The minimum atomic E-state index is -5.29. The van der Waals surface area contributed by atoms with Crippen LogP contribution >= 0.6 is 0 Å². The summed E-state index contributed by atoms with van der Waals surface area (Å²) in [5.41, 5.74) is -1.91. The summed E-state index contributed by atoms with van der Waals surface area (Å²) in [5, 5.41) is 25.6. The number of phenols is 1. The van der Waals surface area contributed by atoms with Crippen molar-refractivity contribution in [3.8, 4) is 11.5 Å². The first kappa shape index (κ1) is 22.4. The molecule has 0 saturated carbocycles. The Morgan fingerprint density at radius 2 is 1.84 bits per heavy atom. The number of ketones is 1. The Hall–Kier alpha value is -3.27. The summed E-state index contributed by atoms with van der Waals surface area (Å²) in [6.45, 7) is 3.54. The molecule has 1 heterocycles. The number of alkyl halides is 3. The van der Waals surface area contributed by atoms with Crippen molar-refractivity contribution in [3.05, 3.63) is 59.2 Å². The second kappa shape index (κ2) is 8.10. The maximum absolute atomic E-state index is 13.5. The highest BCUT2D eigenvalue weighted by molar-refractivity contribution is 5.91. The third-order valence-electron chi connectivity index (χ3n) is 5.07. The number of aryl methyl sites for hydroxylation is 1. The van der Waals surface area contributed by atoms with Crippen LogP contribution in [-0.2, 0) is 10.5 Å². The first-order valence-electron chi connectivity index (χ1n) is 9.42. The Bertz CT molecular complexity index is 993. The van der Waals surface area contributed by atoms with E-state index >= 15 is 0 Å². The number of aromatic hydroxyl groups is 1. The van der Waals surface area contributed by atoms with Gasteiger partial charge in [0.25, 0.3) is 0 Å². The SMILES string of the molecule is CCOc1cc([C@@H]2NC(=O)N[C@@](O)(c3ccc(C)cc3)[C@H]2C(=O)C(F)(F)F)ccc1O. The normalized spacial score (nSPS) is 23.6. The minimum absolute atomic E-state index is 0.0372. The summed E-state index contributed by atoms with van der Waals surface area (Å²) in [7, 11) is 0. The lowest BCUT2D eigenvalue weighted by Gasteiger charge is -2.45. The fraction of sp³-hybridized carbons (Fsp3) is 0.333. The van der Waals surface area contributed by atoms with Crippen molar-refractivity contribution in [2.24, 2.45) is 5.92 Å². The highest BCUT2D eigenvalue weighted by Crippen LogP contribution is 2.44. The summed E-state index contributed by atoms with van der Waals surface area (Å²) >= 11 is 0. The van der Waals surface area contributed by atoms with Crippen LogP contribution in [0.1, 0.15) is 29.7 Å². The summed E-state index contributed by atoms with van der Waals surface area (Å²) in [4.78, 5) is 24.8. The highest BCUT2D eigenvalue weighted by atomic mass is 19.4. The van der Waals surface area contributed by atoms with E-state index in [1.807, 2.05) is 0 Å². The zero-order chi connectivity index (χ0) is 23.0. The third kappa shape index (κ3) is 4.29. The molecule has 4 N–H and O–H groups in total. The van der Waals surface area contributed by atoms with E-state index in [1.165, 1.54) is 30.3 Å². The number of ether oxygens (including phenoxy) is 1. The van der Waals surface area contributed by atoms with E-state index in [2.05, 4.69) is 10.6 Å². The van der Waals surface area contributed by atoms with Crippen molar-refractivity contribution in [1.82, 2.24) is 10.6 Å². The number of carbonyl (C=O) groups is 2. The van der Waals surface area contributed by atoms with Gasteiger partial charge in [-0.1, -0.05) is 35.9 Å². The van der Waals surface area contributed by atoms with E-state index in [-0.39, 0.29) is 29.2 Å². The van der Waals surface area contributed by atoms with E-state index < -0.39 is 35.7 Å². The molecule has 0 spiro atoms. The number of carbonyl (C=O) groups excluding carboxylic acids is 2. The van der Waals surface area contributed by atoms with E-state index in [9.17, 15) is 33.0 Å². The molecule has 1 aliphatic rings. The Morgan fingerprint density at radius 3 is 2.42 bits per heavy atom. The van der Waals surface area contributed by atoms with E-state index in [1.54, 1.807) is 26.0 Å². The molecule has 0 radical (unpaired) electrons. The second-order valence-corrected chi connectivity index (χ2v) is 7.21. The molecule has 31 heavy (non-hydrogen) atoms. The number of benzene rings is 2. The van der Waals surface area contributed by atoms with Crippen LogP contribution < -0.4 is 15.4 Å². The number of hydrogen-bond donors (Lipinski definition) is 4. The Balaban J connectivity index is 2.19. The first-order valence-corrected chi connectivity index (χ1v) is 9.42. The molecule has 3 rings (SSSR count). The summed E-state index contributed by atoms with van der Waals surface area (Å²) in [5.74, 6) is -4.69. The number of amides is 2. The molecule has 0 aliphatic carbocycles. The van der Waals surface area contributed by atoms with Gasteiger partial charge in [0, 0.05) is 5.56 Å². The smallest absolute Gasteiger partial charge is 0.450 e. The van der Waals surface area contributed by atoms with Gasteiger partial charge in [-0.3, -0.25) is 4.79 Å². The Kier molecular flexibility index (Phi) is 5.86. The molecule has 0 bridgehead atoms. The quantitative estimate of drug-likeness (QED) is 0.574. The predicted molar refractivity (Wildman–Crippen MR) is 103 cm³/mol. The fourth-order valence-corrected chi connectivity index (χ4v) is 3.60. The lowest BCUT2D eigenvalue weighted by molar-refractivity contribution is -0.190. The van der Waals surface area contributed by atoms with Gasteiger partial charge in [-0.05, 0) is 31.5 Å². The Labute approximate surface area is 175 Å². The van der Waals surface area contributed by atoms with E-state index in [0.29, 0.717) is 0 Å². The number of rotatable bonds is 5. The molecule has 0 aromatic heterocycles. The predicted octanol–water partition coefficient (Wildman–Crippen LogP) is 3.05. The van der Waals surface area contributed by atoms with Gasteiger partial charge in [-0.25, -0.2) is 4.79 Å². The van der Waals surface area contributed by atoms with Gasteiger partial charge in [0.2, 0.25) is 5.78 Å². The molecule has 2 aromatic carbocycles. The molecule has 2 amide bonds. The van der Waals surface area contributed by atoms with Crippen LogP contribution in [0.2, 0.25) is 0 Å². The largest absolute Gasteiger partial charge is 0.504 e. The van der Waals surface area contributed by atoms with E-state index in [4.69, 9.17) is 4.74 Å². The number of hydrogen-bond acceptors (Lipinski definition) is 5. The van der Waals surface area contributed by atoms with Crippen LogP contribution in [0.4, 0.5) is 18.0 Å². The molecular weight excluding hydrogens is 417 g/mol. The molecule has 3 atom stereocenters. The van der Waals surface area contributed by atoms with Crippen LogP contribution in [0.5, 0.6) is 11.5 Å². The summed E-state index contributed by atoms with van der Waals surface area (Å²) < 4.78 is 45.9. The lowest BCUT2D eigenvalue weighted by Crippen LogP contribution is -2.66. The van der Waals surface area contributed by atoms with Crippen LogP contribution in [0, 0.1) is 12.8 Å². The van der Waals surface area contributed by atoms with Crippen molar-refractivity contribution in [2.45, 2.75) is 31.8 Å². The summed E-state index contributed by atoms with van der Waals surface area (Å²) in [6, 6.07) is 6.89. The monoisotopic (exact) mass is 438 g/mol. The minimum Gasteiger partial charge on any atom is -0.504 e. The van der Waals surface area contributed by atoms with Crippen LogP contribution in [-0.4, -0.2) is 34.8 Å². The topological polar surface area (TPSA) is 108 Å². The van der Waals surface area contributed by atoms with Gasteiger partial charge in [0.15, 0.2) is 17.2 Å². The molecule has 1 fully saturated rings. The second-order valence-electron chi connectivity index (χ2n) is 7.21. The lowest BCUT2D eigenvalue weighted by atomic mass is 9.76. The Morgan fingerprint density at radius 1 is 1.19 bits per heavy atom. The van der Waals surface area contributed by atoms with Gasteiger partial charge in [-0.15, -0.1) is 0 Å². The standard InChI is InChI=1S/C21H21F3N2O5/c1-3-31-15-10-12(6-9-14(15)27)17-16(18(28)21(22,23)24)20(30,26-19(29)25-17)13-7-4-11(2)5-8-13/h4-10,16-17,27,30H,3H2,1-2H3,(H2,25,26,29)/t16-,17+,20-/m1/s1.